The zero-order chi connectivity index (χ0) is 12.9. The number of thioether (sulfide) groups is 1. The molecule has 0 bridgehead atoms. The molecule has 17 heavy (non-hydrogen) atoms. The minimum absolute atomic E-state index is 0.241. The van der Waals surface area contributed by atoms with Crippen LogP contribution < -0.4 is 4.52 Å². The monoisotopic (exact) mass is 278 g/mol. The number of rotatable bonds is 6. The third-order valence-corrected chi connectivity index (χ3v) is 3.83. The highest BCUT2D eigenvalue weighted by atomic mass is 32.2. The SMILES string of the molecule is COP(=O)(OC)Oc1cnc(SC(C)C)nc1. The number of phosphoric ester groups is 1. The summed E-state index contributed by atoms with van der Waals surface area (Å²) in [5.41, 5.74) is 0. The Morgan fingerprint density at radius 2 is 1.76 bits per heavy atom. The van der Waals surface area contributed by atoms with Crippen LogP contribution in [0.1, 0.15) is 13.8 Å². The molecule has 6 nitrogen and oxygen atoms in total. The second kappa shape index (κ2) is 6.35. The maximum atomic E-state index is 11.7. The standard InChI is InChI=1S/C9H15N2O4PS/c1-7(2)17-9-10-5-8(6-11-9)15-16(12,13-3)14-4/h5-7H,1-4H3. The zero-order valence-electron chi connectivity index (χ0n) is 10.1. The van der Waals surface area contributed by atoms with Crippen LogP contribution in [-0.4, -0.2) is 29.4 Å². The van der Waals surface area contributed by atoms with Gasteiger partial charge in [0, 0.05) is 19.5 Å². The molecule has 0 N–H and O–H groups in total. The normalized spacial score (nSPS) is 11.8. The topological polar surface area (TPSA) is 70.5 Å². The van der Waals surface area contributed by atoms with Gasteiger partial charge in [0.25, 0.3) is 0 Å². The first-order chi connectivity index (χ1) is 7.99. The quantitative estimate of drug-likeness (QED) is 0.450. The lowest BCUT2D eigenvalue weighted by Crippen LogP contribution is -1.99. The predicted octanol–water partition coefficient (Wildman–Crippen LogP) is 2.76. The van der Waals surface area contributed by atoms with Gasteiger partial charge in [-0.1, -0.05) is 25.6 Å². The van der Waals surface area contributed by atoms with Crippen molar-refractivity contribution >= 4 is 19.6 Å². The predicted molar refractivity (Wildman–Crippen MR) is 65.3 cm³/mol. The highest BCUT2D eigenvalue weighted by Gasteiger charge is 2.24. The van der Waals surface area contributed by atoms with Gasteiger partial charge >= 0.3 is 7.82 Å². The molecule has 0 aromatic carbocycles. The van der Waals surface area contributed by atoms with Gasteiger partial charge in [0.15, 0.2) is 10.9 Å². The van der Waals surface area contributed by atoms with E-state index in [9.17, 15) is 4.57 Å². The summed E-state index contributed by atoms with van der Waals surface area (Å²) in [6, 6.07) is 0. The molecule has 8 heteroatoms. The van der Waals surface area contributed by atoms with E-state index in [0.29, 0.717) is 10.4 Å². The summed E-state index contributed by atoms with van der Waals surface area (Å²) in [5, 5.41) is 1.03. The first-order valence-electron chi connectivity index (χ1n) is 4.89. The van der Waals surface area contributed by atoms with Crippen molar-refractivity contribution in [2.24, 2.45) is 0 Å². The van der Waals surface area contributed by atoms with Gasteiger partial charge in [0.2, 0.25) is 0 Å². The Morgan fingerprint density at radius 1 is 1.24 bits per heavy atom. The van der Waals surface area contributed by atoms with E-state index in [4.69, 9.17) is 4.52 Å². The molecule has 0 aliphatic rings. The molecule has 0 radical (unpaired) electrons. The van der Waals surface area contributed by atoms with Crippen molar-refractivity contribution in [2.75, 3.05) is 14.2 Å². The molecule has 1 aromatic heterocycles. The van der Waals surface area contributed by atoms with Crippen LogP contribution in [0.5, 0.6) is 5.75 Å². The van der Waals surface area contributed by atoms with Crippen molar-refractivity contribution in [3.05, 3.63) is 12.4 Å². The van der Waals surface area contributed by atoms with Gasteiger partial charge in [-0.05, 0) is 0 Å². The van der Waals surface area contributed by atoms with E-state index in [2.05, 4.69) is 19.0 Å². The highest BCUT2D eigenvalue weighted by molar-refractivity contribution is 7.99. The maximum Gasteiger partial charge on any atom is 0.529 e. The van der Waals surface area contributed by atoms with Crippen LogP contribution in [0.3, 0.4) is 0 Å². The lowest BCUT2D eigenvalue weighted by Gasteiger charge is -2.13. The molecule has 0 spiro atoms. The summed E-state index contributed by atoms with van der Waals surface area (Å²) in [6.07, 6.45) is 2.87. The molecule has 0 aliphatic heterocycles. The third-order valence-electron chi connectivity index (χ3n) is 1.61. The summed E-state index contributed by atoms with van der Waals surface area (Å²) >= 11 is 1.53. The maximum absolute atomic E-state index is 11.7. The number of aromatic nitrogens is 2. The van der Waals surface area contributed by atoms with E-state index in [1.807, 2.05) is 13.8 Å². The van der Waals surface area contributed by atoms with E-state index in [1.165, 1.54) is 38.4 Å². The fourth-order valence-corrected chi connectivity index (χ4v) is 2.20. The average molecular weight is 278 g/mol. The Bertz CT molecular complexity index is 390. The zero-order valence-corrected chi connectivity index (χ0v) is 11.8. The summed E-state index contributed by atoms with van der Waals surface area (Å²) in [7, 11) is -1.04. The molecular weight excluding hydrogens is 263 g/mol. The van der Waals surface area contributed by atoms with E-state index in [1.54, 1.807) is 0 Å². The number of nitrogens with zero attached hydrogens (tertiary/aromatic N) is 2. The first kappa shape index (κ1) is 14.4. The van der Waals surface area contributed by atoms with Crippen LogP contribution in [0.2, 0.25) is 0 Å². The Balaban J connectivity index is 2.71. The molecule has 0 unspecified atom stereocenters. The number of hydrogen-bond acceptors (Lipinski definition) is 7. The van der Waals surface area contributed by atoms with Crippen LogP contribution in [0, 0.1) is 0 Å². The molecule has 0 fully saturated rings. The van der Waals surface area contributed by atoms with Gasteiger partial charge in [-0.3, -0.25) is 9.05 Å². The Kier molecular flexibility index (Phi) is 5.39. The van der Waals surface area contributed by atoms with Crippen LogP contribution in [0.15, 0.2) is 17.6 Å². The molecule has 1 aromatic rings. The summed E-state index contributed by atoms with van der Waals surface area (Å²) in [5.74, 6) is 0.241. The molecule has 0 amide bonds. The first-order valence-corrected chi connectivity index (χ1v) is 7.23. The van der Waals surface area contributed by atoms with E-state index in [-0.39, 0.29) is 5.75 Å². The van der Waals surface area contributed by atoms with Gasteiger partial charge in [-0.25, -0.2) is 14.5 Å². The van der Waals surface area contributed by atoms with Crippen molar-refractivity contribution in [1.29, 1.82) is 0 Å². The number of hydrogen-bond donors (Lipinski definition) is 0. The average Bonchev–Trinajstić information content (AvgIpc) is 2.31. The molecule has 0 aliphatic carbocycles. The van der Waals surface area contributed by atoms with Crippen LogP contribution >= 0.6 is 19.6 Å². The molecular formula is C9H15N2O4PS. The number of phosphoric acid groups is 1. The van der Waals surface area contributed by atoms with Crippen molar-refractivity contribution in [1.82, 2.24) is 9.97 Å². The highest BCUT2D eigenvalue weighted by Crippen LogP contribution is 2.47. The van der Waals surface area contributed by atoms with Crippen LogP contribution in [0.4, 0.5) is 0 Å². The minimum atomic E-state index is -3.53. The fourth-order valence-electron chi connectivity index (χ4n) is 0.901. The second-order valence-electron chi connectivity index (χ2n) is 3.27. The summed E-state index contributed by atoms with van der Waals surface area (Å²) in [4.78, 5) is 8.13. The van der Waals surface area contributed by atoms with Crippen LogP contribution in [-0.2, 0) is 13.6 Å². The summed E-state index contributed by atoms with van der Waals surface area (Å²) < 4.78 is 26.0. The molecule has 0 atom stereocenters. The summed E-state index contributed by atoms with van der Waals surface area (Å²) in [6.45, 7) is 4.09. The van der Waals surface area contributed by atoms with Crippen molar-refractivity contribution in [3.63, 3.8) is 0 Å². The van der Waals surface area contributed by atoms with E-state index >= 15 is 0 Å². The molecule has 1 heterocycles. The van der Waals surface area contributed by atoms with Gasteiger partial charge < -0.3 is 4.52 Å². The molecule has 0 saturated carbocycles. The third kappa shape index (κ3) is 4.63. The Morgan fingerprint density at radius 3 is 2.18 bits per heavy atom. The largest absolute Gasteiger partial charge is 0.529 e. The minimum Gasteiger partial charge on any atom is -0.401 e. The lowest BCUT2D eigenvalue weighted by molar-refractivity contribution is 0.210. The Labute approximate surface area is 105 Å². The van der Waals surface area contributed by atoms with Gasteiger partial charge in [0.1, 0.15) is 0 Å². The van der Waals surface area contributed by atoms with Gasteiger partial charge in [-0.15, -0.1) is 0 Å². The molecule has 1 rings (SSSR count). The van der Waals surface area contributed by atoms with Crippen molar-refractivity contribution in [2.45, 2.75) is 24.3 Å². The molecule has 96 valence electrons. The van der Waals surface area contributed by atoms with Gasteiger partial charge in [-0.2, -0.15) is 0 Å². The molecule has 0 saturated heterocycles. The smallest absolute Gasteiger partial charge is 0.401 e. The van der Waals surface area contributed by atoms with Crippen LogP contribution in [0.25, 0.3) is 0 Å². The van der Waals surface area contributed by atoms with E-state index < -0.39 is 7.82 Å². The van der Waals surface area contributed by atoms with Crippen molar-refractivity contribution in [3.8, 4) is 5.75 Å². The second-order valence-corrected chi connectivity index (χ2v) is 6.62. The van der Waals surface area contributed by atoms with Gasteiger partial charge in [0.05, 0.1) is 12.4 Å². The lowest BCUT2D eigenvalue weighted by atomic mass is 10.6. The van der Waals surface area contributed by atoms with E-state index in [0.717, 1.165) is 0 Å². The Hall–Kier alpha value is -0.620. The van der Waals surface area contributed by atoms with Crippen molar-refractivity contribution < 1.29 is 18.1 Å². The fraction of sp³-hybridized carbons (Fsp3) is 0.556.